The van der Waals surface area contributed by atoms with Crippen molar-refractivity contribution in [2.45, 2.75) is 13.8 Å². The van der Waals surface area contributed by atoms with Crippen molar-refractivity contribution in [3.05, 3.63) is 62.9 Å². The van der Waals surface area contributed by atoms with Crippen molar-refractivity contribution in [2.24, 2.45) is 0 Å². The van der Waals surface area contributed by atoms with Crippen LogP contribution in [-0.2, 0) is 4.84 Å². The highest BCUT2D eigenvalue weighted by molar-refractivity contribution is 5.53. The zero-order valence-electron chi connectivity index (χ0n) is 11.1. The van der Waals surface area contributed by atoms with E-state index in [1.54, 1.807) is 35.0 Å². The van der Waals surface area contributed by atoms with E-state index in [0.29, 0.717) is 10.6 Å². The highest BCUT2D eigenvalue weighted by Gasteiger charge is 2.18. The van der Waals surface area contributed by atoms with Crippen molar-refractivity contribution in [3.8, 4) is 5.69 Å². The smallest absolute Gasteiger partial charge is 0.284 e. The van der Waals surface area contributed by atoms with E-state index < -0.39 is 0 Å². The first-order valence-corrected chi connectivity index (χ1v) is 5.85. The highest BCUT2D eigenvalue weighted by atomic mass is 16.8. The number of nitrogens with zero attached hydrogens (tertiary/aromatic N) is 2. The van der Waals surface area contributed by atoms with E-state index in [9.17, 15) is 9.70 Å². The summed E-state index contributed by atoms with van der Waals surface area (Å²) in [6.45, 7) is 3.71. The van der Waals surface area contributed by atoms with Crippen LogP contribution < -0.4 is 5.56 Å². The Morgan fingerprint density at radius 2 is 1.79 bits per heavy atom. The molecule has 1 aromatic heterocycles. The van der Waals surface area contributed by atoms with Gasteiger partial charge in [0.1, 0.15) is 0 Å². The lowest BCUT2D eigenvalue weighted by atomic mass is 10.1. The summed E-state index contributed by atoms with van der Waals surface area (Å²) in [5.74, 6) is 0. The van der Waals surface area contributed by atoms with Crippen LogP contribution in [0.15, 0.2) is 41.3 Å². The first-order chi connectivity index (χ1) is 9.04. The van der Waals surface area contributed by atoms with Crippen LogP contribution in [0.3, 0.4) is 0 Å². The van der Waals surface area contributed by atoms with Gasteiger partial charge in [-0.25, -0.2) is 4.84 Å². The summed E-state index contributed by atoms with van der Waals surface area (Å²) < 4.78 is 1.57. The summed E-state index contributed by atoms with van der Waals surface area (Å²) in [4.78, 5) is 28.4. The van der Waals surface area contributed by atoms with E-state index in [0.717, 1.165) is 16.8 Å². The van der Waals surface area contributed by atoms with E-state index in [1.807, 2.05) is 13.8 Å². The second-order valence-electron chi connectivity index (χ2n) is 4.28. The predicted octanol–water partition coefficient (Wildman–Crippen LogP) is 2.43. The molecule has 1 heterocycles. The molecule has 0 bridgehead atoms. The second kappa shape index (κ2) is 5.06. The number of pyridine rings is 1. The Balaban J connectivity index is 2.64. The number of hydrogen-bond acceptors (Lipinski definition) is 3. The third kappa shape index (κ3) is 2.40. The van der Waals surface area contributed by atoms with E-state index in [4.69, 9.17) is 0 Å². The summed E-state index contributed by atoms with van der Waals surface area (Å²) in [6, 6.07) is 8.38. The lowest BCUT2D eigenvalue weighted by Gasteiger charge is -2.11. The van der Waals surface area contributed by atoms with Crippen LogP contribution in [0.25, 0.3) is 5.69 Å². The minimum absolute atomic E-state index is 0.104. The molecule has 0 aliphatic rings. The Hall–Kier alpha value is -2.43. The van der Waals surface area contributed by atoms with Crippen molar-refractivity contribution in [3.63, 3.8) is 0 Å². The minimum atomic E-state index is -0.104. The first-order valence-electron chi connectivity index (χ1n) is 5.85. The molecule has 1 aromatic carbocycles. The lowest BCUT2D eigenvalue weighted by molar-refractivity contribution is -0.736. The molecular formula is C14H15N2O3+. The third-order valence-electron chi connectivity index (χ3n) is 2.92. The average molecular weight is 259 g/mol. The third-order valence-corrected chi connectivity index (χ3v) is 2.92. The molecule has 0 amide bonds. The van der Waals surface area contributed by atoms with Gasteiger partial charge in [-0.2, -0.15) is 0 Å². The number of benzene rings is 1. The molecule has 0 saturated heterocycles. The van der Waals surface area contributed by atoms with Crippen molar-refractivity contribution in [1.82, 2.24) is 4.57 Å². The van der Waals surface area contributed by atoms with E-state index in [2.05, 4.69) is 4.84 Å². The largest absolute Gasteiger partial charge is 0.317 e. The van der Waals surface area contributed by atoms with E-state index in [1.165, 1.54) is 13.2 Å². The molecule has 0 atom stereocenters. The van der Waals surface area contributed by atoms with Crippen molar-refractivity contribution >= 4 is 5.69 Å². The number of rotatable bonds is 3. The van der Waals surface area contributed by atoms with Crippen LogP contribution in [-0.4, -0.2) is 16.6 Å². The Bertz CT molecular complexity index is 666. The molecule has 0 N–H and O–H groups in total. The second-order valence-corrected chi connectivity index (χ2v) is 4.28. The van der Waals surface area contributed by atoms with Gasteiger partial charge in [0.05, 0.1) is 10.6 Å². The average Bonchev–Trinajstić information content (AvgIpc) is 2.39. The molecule has 0 spiro atoms. The fraction of sp³-hybridized carbons (Fsp3) is 0.214. The molecule has 19 heavy (non-hydrogen) atoms. The van der Waals surface area contributed by atoms with Gasteiger partial charge in [-0.05, 0) is 31.0 Å². The standard InChI is InChI=1S/C14H15N2O3/c1-10-8-12(16(18)19-3)9-11(2)14(10)15-7-5-4-6-13(15)17/h4-9H,1-3H3/q+1. The van der Waals surface area contributed by atoms with Crippen LogP contribution in [0.2, 0.25) is 0 Å². The maximum Gasteiger partial charge on any atom is 0.317 e. The summed E-state index contributed by atoms with van der Waals surface area (Å²) in [5.41, 5.74) is 2.76. The summed E-state index contributed by atoms with van der Waals surface area (Å²) in [6.07, 6.45) is 1.71. The van der Waals surface area contributed by atoms with Gasteiger partial charge in [0.25, 0.3) is 10.5 Å². The Morgan fingerprint density at radius 3 is 2.32 bits per heavy atom. The van der Waals surface area contributed by atoms with Gasteiger partial charge in [0.2, 0.25) is 0 Å². The molecular weight excluding hydrogens is 244 g/mol. The summed E-state index contributed by atoms with van der Waals surface area (Å²) in [7, 11) is 1.31. The van der Waals surface area contributed by atoms with Gasteiger partial charge < -0.3 is 0 Å². The van der Waals surface area contributed by atoms with Gasteiger partial charge in [-0.15, -0.1) is 0 Å². The van der Waals surface area contributed by atoms with Gasteiger partial charge >= 0.3 is 5.69 Å². The lowest BCUT2D eigenvalue weighted by Crippen LogP contribution is -2.17. The molecule has 0 aliphatic carbocycles. The van der Waals surface area contributed by atoms with Gasteiger partial charge in [-0.3, -0.25) is 9.36 Å². The molecule has 98 valence electrons. The topological polar surface area (TPSA) is 51.3 Å². The normalized spacial score (nSPS) is 10.3. The van der Waals surface area contributed by atoms with Crippen molar-refractivity contribution < 1.29 is 9.76 Å². The Labute approximate surface area is 110 Å². The van der Waals surface area contributed by atoms with Crippen LogP contribution in [0.1, 0.15) is 11.1 Å². The van der Waals surface area contributed by atoms with Crippen LogP contribution in [0, 0.1) is 18.8 Å². The fourth-order valence-corrected chi connectivity index (χ4v) is 2.14. The number of aromatic nitrogens is 1. The van der Waals surface area contributed by atoms with Crippen molar-refractivity contribution in [1.29, 1.82) is 0 Å². The number of aryl methyl sites for hydroxylation is 2. The van der Waals surface area contributed by atoms with Gasteiger partial charge in [0, 0.05) is 24.4 Å². The van der Waals surface area contributed by atoms with E-state index >= 15 is 0 Å². The molecule has 5 nitrogen and oxygen atoms in total. The monoisotopic (exact) mass is 259 g/mol. The van der Waals surface area contributed by atoms with Crippen LogP contribution in [0.5, 0.6) is 0 Å². The van der Waals surface area contributed by atoms with E-state index in [-0.39, 0.29) is 5.56 Å². The zero-order valence-corrected chi connectivity index (χ0v) is 11.1. The van der Waals surface area contributed by atoms with Gasteiger partial charge in [-0.1, -0.05) is 6.07 Å². The van der Waals surface area contributed by atoms with Crippen molar-refractivity contribution in [2.75, 3.05) is 7.11 Å². The predicted molar refractivity (Wildman–Crippen MR) is 71.8 cm³/mol. The molecule has 2 aromatic rings. The summed E-state index contributed by atoms with van der Waals surface area (Å²) >= 11 is 0. The maximum absolute atomic E-state index is 11.9. The first kappa shape index (κ1) is 13.0. The molecule has 0 saturated carbocycles. The number of hydrogen-bond donors (Lipinski definition) is 0. The maximum atomic E-state index is 11.9. The van der Waals surface area contributed by atoms with Gasteiger partial charge in [0.15, 0.2) is 7.11 Å². The molecule has 5 heteroatoms. The molecule has 0 fully saturated rings. The minimum Gasteiger partial charge on any atom is -0.284 e. The van der Waals surface area contributed by atoms with Crippen LogP contribution in [0.4, 0.5) is 5.69 Å². The Morgan fingerprint density at radius 1 is 1.16 bits per heavy atom. The quantitative estimate of drug-likeness (QED) is 0.795. The molecule has 0 aliphatic heterocycles. The highest BCUT2D eigenvalue weighted by Crippen LogP contribution is 2.24. The molecule has 0 unspecified atom stereocenters. The van der Waals surface area contributed by atoms with Crippen LogP contribution >= 0.6 is 0 Å². The molecule has 2 rings (SSSR count). The molecule has 0 radical (unpaired) electrons. The SMILES string of the molecule is CO[N+](=O)c1cc(C)c(-n2ccccc2=O)c(C)c1. The zero-order chi connectivity index (χ0) is 14.0. The Kier molecular flexibility index (Phi) is 3.46. The summed E-state index contributed by atoms with van der Waals surface area (Å²) in [5, 5.41) is 0. The fourth-order valence-electron chi connectivity index (χ4n) is 2.14.